The molecule has 0 saturated heterocycles. The van der Waals surface area contributed by atoms with Crippen molar-refractivity contribution < 1.29 is 4.79 Å². The maximum Gasteiger partial charge on any atom is 0.266 e. The normalized spacial score (nSPS) is 10.6. The van der Waals surface area contributed by atoms with Crippen LogP contribution in [0.2, 0.25) is 0 Å². The highest BCUT2D eigenvalue weighted by Crippen LogP contribution is 2.02. The molecule has 0 radical (unpaired) electrons. The fourth-order valence-corrected chi connectivity index (χ4v) is 1.21. The third-order valence-electron chi connectivity index (χ3n) is 1.36. The molecule has 0 bridgehead atoms. The molecule has 1 aromatic heterocycles. The van der Waals surface area contributed by atoms with Gasteiger partial charge < -0.3 is 4.98 Å². The number of rotatable bonds is 3. The van der Waals surface area contributed by atoms with Gasteiger partial charge in [0.15, 0.2) is 5.12 Å². The minimum absolute atomic E-state index is 0.0871. The third-order valence-corrected chi connectivity index (χ3v) is 2.13. The van der Waals surface area contributed by atoms with Gasteiger partial charge in [-0.1, -0.05) is 17.8 Å². The smallest absolute Gasteiger partial charge is 0.266 e. The van der Waals surface area contributed by atoms with Gasteiger partial charge in [0.05, 0.1) is 11.9 Å². The number of aromatic nitrogens is 2. The van der Waals surface area contributed by atoms with Gasteiger partial charge in [-0.15, -0.1) is 0 Å². The van der Waals surface area contributed by atoms with Crippen molar-refractivity contribution in [3.05, 3.63) is 34.5 Å². The van der Waals surface area contributed by atoms with Crippen LogP contribution in [0.4, 0.5) is 0 Å². The molecular formula is C9H10N2O2S. The lowest BCUT2D eigenvalue weighted by molar-refractivity contribution is -0.109. The summed E-state index contributed by atoms with van der Waals surface area (Å²) >= 11 is 1.23. The molecular weight excluding hydrogens is 200 g/mol. The highest BCUT2D eigenvalue weighted by Gasteiger charge is 1.90. The minimum Gasteiger partial charge on any atom is -0.326 e. The Kier molecular flexibility index (Phi) is 4.12. The second-order valence-electron chi connectivity index (χ2n) is 2.54. The first kappa shape index (κ1) is 10.7. The fourth-order valence-electron chi connectivity index (χ4n) is 0.778. The summed E-state index contributed by atoms with van der Waals surface area (Å²) in [6.07, 6.45) is 6.33. The van der Waals surface area contributed by atoms with Crippen molar-refractivity contribution in [2.24, 2.45) is 0 Å². The lowest BCUT2D eigenvalue weighted by Crippen LogP contribution is -2.04. The Morgan fingerprint density at radius 1 is 1.71 bits per heavy atom. The van der Waals surface area contributed by atoms with Gasteiger partial charge in [0.2, 0.25) is 0 Å². The van der Waals surface area contributed by atoms with Crippen LogP contribution in [0.1, 0.15) is 12.6 Å². The van der Waals surface area contributed by atoms with Gasteiger partial charge >= 0.3 is 0 Å². The Hall–Kier alpha value is -1.36. The maximum absolute atomic E-state index is 10.7. The predicted octanol–water partition coefficient (Wildman–Crippen LogP) is 1.06. The van der Waals surface area contributed by atoms with Crippen molar-refractivity contribution in [1.29, 1.82) is 0 Å². The molecule has 1 aromatic rings. The van der Waals surface area contributed by atoms with Gasteiger partial charge in [0.1, 0.15) is 0 Å². The fraction of sp³-hybridized carbons (Fsp3) is 0.222. The van der Waals surface area contributed by atoms with E-state index in [9.17, 15) is 9.59 Å². The molecule has 0 aliphatic heterocycles. The van der Waals surface area contributed by atoms with Crippen LogP contribution in [0.15, 0.2) is 23.3 Å². The number of thioether (sulfide) groups is 1. The van der Waals surface area contributed by atoms with E-state index < -0.39 is 0 Å². The molecule has 1 heterocycles. The van der Waals surface area contributed by atoms with Crippen LogP contribution in [-0.2, 0) is 4.79 Å². The first-order valence-corrected chi connectivity index (χ1v) is 5.01. The molecule has 0 unspecified atom stereocenters. The quantitative estimate of drug-likeness (QED) is 0.810. The standard InChI is InChI=1S/C9H10N2O2S/c1-7(12)14-4-2-3-8-5-11-9(13)6-10-8/h2-3,5-6H,4H2,1H3,(H,11,13). The summed E-state index contributed by atoms with van der Waals surface area (Å²) in [5.41, 5.74) is 0.453. The lowest BCUT2D eigenvalue weighted by atomic mass is 10.4. The van der Waals surface area contributed by atoms with Crippen LogP contribution in [-0.4, -0.2) is 20.8 Å². The average molecular weight is 210 g/mol. The highest BCUT2D eigenvalue weighted by atomic mass is 32.2. The molecule has 0 aliphatic carbocycles. The largest absolute Gasteiger partial charge is 0.326 e. The molecule has 0 atom stereocenters. The van der Waals surface area contributed by atoms with Gasteiger partial charge in [-0.3, -0.25) is 9.59 Å². The number of nitrogens with one attached hydrogen (secondary N) is 1. The summed E-state index contributed by atoms with van der Waals surface area (Å²) in [5, 5.41) is 0.0871. The second kappa shape index (κ2) is 5.39. The monoisotopic (exact) mass is 210 g/mol. The average Bonchev–Trinajstić information content (AvgIpc) is 2.15. The van der Waals surface area contributed by atoms with E-state index in [1.807, 2.05) is 6.08 Å². The number of hydrogen-bond donors (Lipinski definition) is 1. The Morgan fingerprint density at radius 3 is 3.07 bits per heavy atom. The van der Waals surface area contributed by atoms with Gasteiger partial charge in [-0.25, -0.2) is 4.98 Å². The van der Waals surface area contributed by atoms with Gasteiger partial charge in [0, 0.05) is 18.9 Å². The minimum atomic E-state index is -0.222. The summed E-state index contributed by atoms with van der Waals surface area (Å²) in [6, 6.07) is 0. The van der Waals surface area contributed by atoms with E-state index >= 15 is 0 Å². The van der Waals surface area contributed by atoms with Crippen LogP contribution in [0, 0.1) is 0 Å². The van der Waals surface area contributed by atoms with Crippen molar-refractivity contribution in [3.8, 4) is 0 Å². The Bertz CT molecular complexity index is 378. The summed E-state index contributed by atoms with van der Waals surface area (Å²) in [5.74, 6) is 0.621. The van der Waals surface area contributed by atoms with Crippen molar-refractivity contribution >= 4 is 23.0 Å². The first-order chi connectivity index (χ1) is 6.68. The van der Waals surface area contributed by atoms with Gasteiger partial charge in [0.25, 0.3) is 5.56 Å². The van der Waals surface area contributed by atoms with Crippen LogP contribution < -0.4 is 5.56 Å². The summed E-state index contributed by atoms with van der Waals surface area (Å²) < 4.78 is 0. The van der Waals surface area contributed by atoms with Crippen molar-refractivity contribution in [3.63, 3.8) is 0 Å². The van der Waals surface area contributed by atoms with E-state index in [1.165, 1.54) is 31.1 Å². The summed E-state index contributed by atoms with van der Waals surface area (Å²) in [6.45, 7) is 1.52. The van der Waals surface area contributed by atoms with E-state index in [2.05, 4.69) is 9.97 Å². The van der Waals surface area contributed by atoms with Crippen molar-refractivity contribution in [1.82, 2.24) is 9.97 Å². The molecule has 1 rings (SSSR count). The molecule has 4 nitrogen and oxygen atoms in total. The molecule has 0 aliphatic rings. The topological polar surface area (TPSA) is 62.8 Å². The SMILES string of the molecule is CC(=O)SCC=Cc1c[nH]c(=O)cn1. The maximum atomic E-state index is 10.7. The molecule has 5 heteroatoms. The van der Waals surface area contributed by atoms with Crippen LogP contribution >= 0.6 is 11.8 Å². The molecule has 14 heavy (non-hydrogen) atoms. The first-order valence-electron chi connectivity index (χ1n) is 4.03. The van der Waals surface area contributed by atoms with Crippen LogP contribution in [0.5, 0.6) is 0 Å². The van der Waals surface area contributed by atoms with Gasteiger partial charge in [-0.2, -0.15) is 0 Å². The molecule has 0 amide bonds. The molecule has 1 N–H and O–H groups in total. The number of carbonyl (C=O) groups excluding carboxylic acids is 1. The zero-order valence-electron chi connectivity index (χ0n) is 7.69. The van der Waals surface area contributed by atoms with Crippen LogP contribution in [0.25, 0.3) is 6.08 Å². The Labute approximate surface area is 85.5 Å². The molecule has 74 valence electrons. The van der Waals surface area contributed by atoms with Crippen LogP contribution in [0.3, 0.4) is 0 Å². The van der Waals surface area contributed by atoms with Crippen molar-refractivity contribution in [2.45, 2.75) is 6.92 Å². The summed E-state index contributed by atoms with van der Waals surface area (Å²) in [7, 11) is 0. The Balaban J connectivity index is 2.48. The summed E-state index contributed by atoms with van der Waals surface area (Å²) in [4.78, 5) is 27.6. The molecule has 0 aromatic carbocycles. The van der Waals surface area contributed by atoms with E-state index in [-0.39, 0.29) is 10.7 Å². The Morgan fingerprint density at radius 2 is 2.50 bits per heavy atom. The number of carbonyl (C=O) groups is 1. The van der Waals surface area contributed by atoms with Gasteiger partial charge in [-0.05, 0) is 6.08 Å². The number of nitrogens with zero attached hydrogens (tertiary/aromatic N) is 1. The van der Waals surface area contributed by atoms with Crippen molar-refractivity contribution in [2.75, 3.05) is 5.75 Å². The third kappa shape index (κ3) is 4.04. The zero-order valence-corrected chi connectivity index (χ0v) is 8.50. The molecule has 0 saturated carbocycles. The number of H-pyrrole nitrogens is 1. The van der Waals surface area contributed by atoms with E-state index in [0.29, 0.717) is 11.4 Å². The molecule has 0 fully saturated rings. The number of aromatic amines is 1. The lowest BCUT2D eigenvalue weighted by Gasteiger charge is -1.90. The van der Waals surface area contributed by atoms with E-state index in [4.69, 9.17) is 0 Å². The van der Waals surface area contributed by atoms with E-state index in [1.54, 1.807) is 6.08 Å². The van der Waals surface area contributed by atoms with E-state index in [0.717, 1.165) is 0 Å². The highest BCUT2D eigenvalue weighted by molar-refractivity contribution is 8.13. The zero-order chi connectivity index (χ0) is 10.4. The predicted molar refractivity (Wildman–Crippen MR) is 57.0 cm³/mol. The number of hydrogen-bond acceptors (Lipinski definition) is 4. The second-order valence-corrected chi connectivity index (χ2v) is 3.74. The molecule has 0 spiro atoms.